The number of aromatic nitrogens is 2. The van der Waals surface area contributed by atoms with Gasteiger partial charge in [0.2, 0.25) is 5.91 Å². The van der Waals surface area contributed by atoms with Crippen LogP contribution in [-0.2, 0) is 21.5 Å². The predicted octanol–water partition coefficient (Wildman–Crippen LogP) is 2.97. The first-order valence-electron chi connectivity index (χ1n) is 9.15. The maximum atomic E-state index is 12.5. The number of rotatable bonds is 5. The second-order valence-corrected chi connectivity index (χ2v) is 7.79. The van der Waals surface area contributed by atoms with Crippen molar-refractivity contribution in [1.82, 2.24) is 15.1 Å². The number of anilines is 1. The molecular weight excluding hydrogens is 364 g/mol. The summed E-state index contributed by atoms with van der Waals surface area (Å²) >= 11 is 0. The molecule has 0 radical (unpaired) electrons. The van der Waals surface area contributed by atoms with Gasteiger partial charge in [0.05, 0.1) is 25.5 Å². The van der Waals surface area contributed by atoms with E-state index in [1.807, 2.05) is 28.9 Å². The average molecular weight is 393 g/mol. The quantitative estimate of drug-likeness (QED) is 0.820. The molecule has 1 atom stereocenters. The molecule has 148 valence electrons. The van der Waals surface area contributed by atoms with Crippen LogP contribution in [0.2, 0.25) is 0 Å². The van der Waals surface area contributed by atoms with E-state index in [1.54, 1.807) is 0 Å². The van der Waals surface area contributed by atoms with Gasteiger partial charge < -0.3 is 15.4 Å². The van der Waals surface area contributed by atoms with Crippen molar-refractivity contribution >= 4 is 24.1 Å². The molecule has 0 bridgehead atoms. The van der Waals surface area contributed by atoms with Gasteiger partial charge in [0.15, 0.2) is 0 Å². The van der Waals surface area contributed by atoms with Crippen molar-refractivity contribution in [3.63, 3.8) is 0 Å². The number of nitrogens with zero attached hydrogens (tertiary/aromatic N) is 2. The van der Waals surface area contributed by atoms with Gasteiger partial charge in [0, 0.05) is 30.5 Å². The Labute approximate surface area is 167 Å². The van der Waals surface area contributed by atoms with Gasteiger partial charge >= 0.3 is 0 Å². The molecule has 1 aliphatic heterocycles. The van der Waals surface area contributed by atoms with Gasteiger partial charge in [-0.3, -0.25) is 4.79 Å². The summed E-state index contributed by atoms with van der Waals surface area (Å²) in [7, 11) is 0. The Balaban J connectivity index is 0.00000261. The summed E-state index contributed by atoms with van der Waals surface area (Å²) in [5.41, 5.74) is 2.02. The van der Waals surface area contributed by atoms with Gasteiger partial charge in [-0.05, 0) is 5.56 Å². The minimum absolute atomic E-state index is 0. The van der Waals surface area contributed by atoms with Crippen LogP contribution in [0.4, 0.5) is 5.82 Å². The van der Waals surface area contributed by atoms with Crippen LogP contribution in [0, 0.1) is 0 Å². The standard InChI is InChI=1S/C20H28N4O2.ClH/c1-20(2,3)17-12-18(22-19(25)11-16-14-26-10-9-21-16)24(23-17)13-15-7-5-4-6-8-15;/h4-8,12,16,21H,9-11,13-14H2,1-3H3,(H,22,25);1H. The fraction of sp³-hybridized carbons (Fsp3) is 0.500. The minimum Gasteiger partial charge on any atom is -0.378 e. The molecule has 1 saturated heterocycles. The lowest BCUT2D eigenvalue weighted by Gasteiger charge is -2.23. The van der Waals surface area contributed by atoms with Crippen LogP contribution < -0.4 is 10.6 Å². The number of amides is 1. The second-order valence-electron chi connectivity index (χ2n) is 7.79. The van der Waals surface area contributed by atoms with Crippen molar-refractivity contribution in [1.29, 1.82) is 0 Å². The van der Waals surface area contributed by atoms with E-state index in [4.69, 9.17) is 9.84 Å². The van der Waals surface area contributed by atoms with Gasteiger partial charge in [0.1, 0.15) is 5.82 Å². The first-order valence-corrected chi connectivity index (χ1v) is 9.15. The zero-order chi connectivity index (χ0) is 18.6. The van der Waals surface area contributed by atoms with Gasteiger partial charge in [-0.1, -0.05) is 51.1 Å². The third-order valence-electron chi connectivity index (χ3n) is 4.42. The minimum atomic E-state index is -0.0832. The fourth-order valence-electron chi connectivity index (χ4n) is 2.93. The normalized spacial score (nSPS) is 17.2. The van der Waals surface area contributed by atoms with E-state index in [1.165, 1.54) is 0 Å². The van der Waals surface area contributed by atoms with Crippen LogP contribution >= 0.6 is 12.4 Å². The van der Waals surface area contributed by atoms with Crippen molar-refractivity contribution in [3.8, 4) is 0 Å². The molecule has 2 aromatic rings. The van der Waals surface area contributed by atoms with Crippen molar-refractivity contribution in [2.45, 2.75) is 45.2 Å². The van der Waals surface area contributed by atoms with Gasteiger partial charge in [-0.2, -0.15) is 5.10 Å². The third kappa shape index (κ3) is 6.06. The number of carbonyl (C=O) groups is 1. The molecule has 0 saturated carbocycles. The SMILES string of the molecule is CC(C)(C)c1cc(NC(=O)CC2COCCN2)n(Cc2ccccc2)n1.Cl. The summed E-state index contributed by atoms with van der Waals surface area (Å²) in [5, 5.41) is 11.1. The maximum Gasteiger partial charge on any atom is 0.227 e. The van der Waals surface area contributed by atoms with Crippen LogP contribution in [0.25, 0.3) is 0 Å². The van der Waals surface area contributed by atoms with Gasteiger partial charge in [-0.25, -0.2) is 4.68 Å². The van der Waals surface area contributed by atoms with E-state index in [9.17, 15) is 4.79 Å². The molecule has 7 heteroatoms. The highest BCUT2D eigenvalue weighted by atomic mass is 35.5. The molecule has 2 heterocycles. The Bertz CT molecular complexity index is 734. The highest BCUT2D eigenvalue weighted by Crippen LogP contribution is 2.25. The molecule has 1 aromatic heterocycles. The number of nitrogens with one attached hydrogen (secondary N) is 2. The first kappa shape index (κ1) is 21.4. The van der Waals surface area contributed by atoms with Crippen LogP contribution in [0.3, 0.4) is 0 Å². The summed E-state index contributed by atoms with van der Waals surface area (Å²) in [5.74, 6) is 0.711. The molecule has 6 nitrogen and oxygen atoms in total. The number of halogens is 1. The van der Waals surface area contributed by atoms with E-state index < -0.39 is 0 Å². The molecule has 27 heavy (non-hydrogen) atoms. The summed E-state index contributed by atoms with van der Waals surface area (Å²) in [4.78, 5) is 12.5. The molecule has 1 aliphatic rings. The number of hydrogen-bond donors (Lipinski definition) is 2. The largest absolute Gasteiger partial charge is 0.378 e. The molecule has 1 aromatic carbocycles. The van der Waals surface area contributed by atoms with Crippen LogP contribution in [0.15, 0.2) is 36.4 Å². The average Bonchev–Trinajstić information content (AvgIpc) is 2.99. The molecular formula is C20H29ClN4O2. The Hall–Kier alpha value is -1.89. The number of morpholine rings is 1. The Morgan fingerprint density at radius 3 is 2.70 bits per heavy atom. The number of carbonyl (C=O) groups excluding carboxylic acids is 1. The zero-order valence-electron chi connectivity index (χ0n) is 16.2. The number of hydrogen-bond acceptors (Lipinski definition) is 4. The Kier molecular flexibility index (Phi) is 7.41. The van der Waals surface area contributed by atoms with E-state index in [-0.39, 0.29) is 29.8 Å². The lowest BCUT2D eigenvalue weighted by molar-refractivity contribution is -0.117. The van der Waals surface area contributed by atoms with E-state index in [0.29, 0.717) is 26.2 Å². The Morgan fingerprint density at radius 2 is 2.07 bits per heavy atom. The summed E-state index contributed by atoms with van der Waals surface area (Å²) in [6.45, 7) is 9.06. The highest BCUT2D eigenvalue weighted by molar-refractivity contribution is 5.90. The van der Waals surface area contributed by atoms with E-state index in [0.717, 1.165) is 23.6 Å². The van der Waals surface area contributed by atoms with Crippen molar-refractivity contribution in [3.05, 3.63) is 47.7 Å². The lowest BCUT2D eigenvalue weighted by atomic mass is 9.92. The fourth-order valence-corrected chi connectivity index (χ4v) is 2.93. The third-order valence-corrected chi connectivity index (χ3v) is 4.42. The summed E-state index contributed by atoms with van der Waals surface area (Å²) < 4.78 is 7.30. The van der Waals surface area contributed by atoms with Crippen LogP contribution in [-0.4, -0.2) is 41.5 Å². The molecule has 1 fully saturated rings. The van der Waals surface area contributed by atoms with E-state index in [2.05, 4.69) is 43.5 Å². The van der Waals surface area contributed by atoms with E-state index >= 15 is 0 Å². The molecule has 0 aliphatic carbocycles. The molecule has 1 unspecified atom stereocenters. The summed E-state index contributed by atoms with van der Waals surface area (Å²) in [6.07, 6.45) is 0.390. The topological polar surface area (TPSA) is 68.2 Å². The van der Waals surface area contributed by atoms with Crippen molar-refractivity contribution in [2.75, 3.05) is 25.1 Å². The Morgan fingerprint density at radius 1 is 1.33 bits per heavy atom. The molecule has 3 rings (SSSR count). The maximum absolute atomic E-state index is 12.5. The van der Waals surface area contributed by atoms with Crippen molar-refractivity contribution < 1.29 is 9.53 Å². The monoisotopic (exact) mass is 392 g/mol. The zero-order valence-corrected chi connectivity index (χ0v) is 17.0. The first-order chi connectivity index (χ1) is 12.4. The number of ether oxygens (including phenoxy) is 1. The number of benzene rings is 1. The summed E-state index contributed by atoms with van der Waals surface area (Å²) in [6, 6.07) is 12.2. The predicted molar refractivity (Wildman–Crippen MR) is 110 cm³/mol. The van der Waals surface area contributed by atoms with Crippen LogP contribution in [0.5, 0.6) is 0 Å². The molecule has 1 amide bonds. The molecule has 0 spiro atoms. The van der Waals surface area contributed by atoms with Gasteiger partial charge in [-0.15, -0.1) is 12.4 Å². The van der Waals surface area contributed by atoms with Gasteiger partial charge in [0.25, 0.3) is 0 Å². The highest BCUT2D eigenvalue weighted by Gasteiger charge is 2.22. The molecule has 2 N–H and O–H groups in total. The smallest absolute Gasteiger partial charge is 0.227 e. The van der Waals surface area contributed by atoms with Crippen molar-refractivity contribution in [2.24, 2.45) is 0 Å². The van der Waals surface area contributed by atoms with Crippen LogP contribution in [0.1, 0.15) is 38.4 Å². The second kappa shape index (κ2) is 9.35. The lowest BCUT2D eigenvalue weighted by Crippen LogP contribution is -2.43.